The van der Waals surface area contributed by atoms with E-state index in [1.807, 2.05) is 35.1 Å². The molecule has 38 heavy (non-hydrogen) atoms. The maximum atomic E-state index is 12.6. The quantitative estimate of drug-likeness (QED) is 0.353. The van der Waals surface area contributed by atoms with E-state index in [-0.39, 0.29) is 32.6 Å². The van der Waals surface area contributed by atoms with Crippen LogP contribution >= 0.6 is 11.8 Å². The molecule has 1 heterocycles. The Balaban J connectivity index is 1.82. The number of nitrogens with two attached hydrogens (primary N) is 1. The second kappa shape index (κ2) is 11.8. The van der Waals surface area contributed by atoms with Crippen molar-refractivity contribution in [2.24, 2.45) is 0 Å². The predicted octanol–water partition coefficient (Wildman–Crippen LogP) is 3.75. The Hall–Kier alpha value is -4.39. The van der Waals surface area contributed by atoms with Crippen LogP contribution in [0.2, 0.25) is 0 Å². The van der Waals surface area contributed by atoms with Gasteiger partial charge in [-0.1, -0.05) is 49.9 Å². The van der Waals surface area contributed by atoms with Crippen LogP contribution in [0.15, 0.2) is 58.5 Å². The number of thioether (sulfide) groups is 1. The van der Waals surface area contributed by atoms with E-state index in [0.29, 0.717) is 22.7 Å². The molecule has 194 valence electrons. The van der Waals surface area contributed by atoms with Gasteiger partial charge in [0.2, 0.25) is 11.8 Å². The highest BCUT2D eigenvalue weighted by Crippen LogP contribution is 2.36. The third kappa shape index (κ3) is 6.48. The van der Waals surface area contributed by atoms with Crippen LogP contribution in [0.4, 0.5) is 11.5 Å². The Morgan fingerprint density at radius 2 is 1.63 bits per heavy atom. The molecule has 0 bridgehead atoms. The van der Waals surface area contributed by atoms with Crippen LogP contribution in [0.1, 0.15) is 43.4 Å². The van der Waals surface area contributed by atoms with Crippen molar-refractivity contribution in [1.82, 2.24) is 9.71 Å². The summed E-state index contributed by atoms with van der Waals surface area (Å²) in [7, 11) is -3.99. The number of pyridine rings is 1. The van der Waals surface area contributed by atoms with E-state index >= 15 is 0 Å². The molecule has 0 aliphatic rings. The molecule has 0 unspecified atom stereocenters. The number of hydrogen-bond donors (Lipinski definition) is 3. The number of carbonyl (C=O) groups is 2. The van der Waals surface area contributed by atoms with Gasteiger partial charge in [0, 0.05) is 18.2 Å². The maximum Gasteiger partial charge on any atom is 0.264 e. The SMILES string of the molecule is CC(=O)NS(=O)(=O)c1ccc(NC(=O)CSc2nc(N)c(C#N)c(-c3ccc(C(C)C)cc3)c2C#N)cc1. The number of nitrogen functional groups attached to an aromatic ring is 1. The third-order valence-electron chi connectivity index (χ3n) is 5.35. The molecule has 0 aliphatic carbocycles. The Bertz CT molecular complexity index is 1570. The zero-order valence-corrected chi connectivity index (χ0v) is 22.4. The topological polar surface area (TPSA) is 179 Å². The zero-order valence-electron chi connectivity index (χ0n) is 20.8. The first-order chi connectivity index (χ1) is 18.0. The molecular formula is C26H24N6O4S2. The highest BCUT2D eigenvalue weighted by molar-refractivity contribution is 8.00. The molecule has 0 spiro atoms. The predicted molar refractivity (Wildman–Crippen MR) is 144 cm³/mol. The van der Waals surface area contributed by atoms with Crippen LogP contribution in [0.3, 0.4) is 0 Å². The first kappa shape index (κ1) is 28.2. The van der Waals surface area contributed by atoms with Crippen molar-refractivity contribution >= 4 is 45.1 Å². The summed E-state index contributed by atoms with van der Waals surface area (Å²) in [6.45, 7) is 5.20. The molecule has 0 saturated carbocycles. The number of sulfonamides is 1. The molecule has 4 N–H and O–H groups in total. The van der Waals surface area contributed by atoms with Crippen LogP contribution < -0.4 is 15.8 Å². The number of anilines is 2. The molecule has 0 aliphatic heterocycles. The molecular weight excluding hydrogens is 524 g/mol. The average molecular weight is 549 g/mol. The summed E-state index contributed by atoms with van der Waals surface area (Å²) >= 11 is 0.985. The van der Waals surface area contributed by atoms with Gasteiger partial charge in [-0.15, -0.1) is 0 Å². The van der Waals surface area contributed by atoms with Gasteiger partial charge in [0.25, 0.3) is 10.0 Å². The van der Waals surface area contributed by atoms with Crippen LogP contribution in [0.25, 0.3) is 11.1 Å². The molecule has 1 aromatic heterocycles. The lowest BCUT2D eigenvalue weighted by Gasteiger charge is -2.14. The number of benzene rings is 2. The Morgan fingerprint density at radius 1 is 1.03 bits per heavy atom. The molecule has 12 heteroatoms. The van der Waals surface area contributed by atoms with Gasteiger partial charge in [-0.3, -0.25) is 9.59 Å². The van der Waals surface area contributed by atoms with Gasteiger partial charge in [-0.05, 0) is 41.3 Å². The molecule has 3 aromatic rings. The number of carbonyl (C=O) groups excluding carboxylic acids is 2. The second-order valence-corrected chi connectivity index (χ2v) is 11.1. The molecule has 3 rings (SSSR count). The summed E-state index contributed by atoms with van der Waals surface area (Å²) in [5.74, 6) is -1.04. The first-order valence-corrected chi connectivity index (χ1v) is 13.7. The van der Waals surface area contributed by atoms with Gasteiger partial charge >= 0.3 is 0 Å². The summed E-state index contributed by atoms with van der Waals surface area (Å²) in [5.41, 5.74) is 8.69. The minimum atomic E-state index is -3.99. The van der Waals surface area contributed by atoms with Gasteiger partial charge in [-0.25, -0.2) is 18.1 Å². The highest BCUT2D eigenvalue weighted by atomic mass is 32.2. The van der Waals surface area contributed by atoms with Gasteiger partial charge in [0.1, 0.15) is 28.5 Å². The van der Waals surface area contributed by atoms with E-state index in [1.54, 1.807) is 0 Å². The summed E-state index contributed by atoms with van der Waals surface area (Å²) in [6.07, 6.45) is 0. The maximum absolute atomic E-state index is 12.6. The van der Waals surface area contributed by atoms with Crippen molar-refractivity contribution in [2.45, 2.75) is 36.6 Å². The van der Waals surface area contributed by atoms with Crippen molar-refractivity contribution in [3.63, 3.8) is 0 Å². The fourth-order valence-electron chi connectivity index (χ4n) is 3.52. The molecule has 2 aromatic carbocycles. The minimum absolute atomic E-state index is 0.0479. The lowest BCUT2D eigenvalue weighted by atomic mass is 9.94. The molecule has 10 nitrogen and oxygen atoms in total. The number of nitrogens with zero attached hydrogens (tertiary/aromatic N) is 3. The van der Waals surface area contributed by atoms with Gasteiger partial charge in [-0.2, -0.15) is 10.5 Å². The van der Waals surface area contributed by atoms with E-state index in [2.05, 4.69) is 30.2 Å². The number of nitriles is 2. The average Bonchev–Trinajstić information content (AvgIpc) is 2.86. The van der Waals surface area contributed by atoms with Gasteiger partial charge in [0.15, 0.2) is 0 Å². The fourth-order valence-corrected chi connectivity index (χ4v) is 5.31. The van der Waals surface area contributed by atoms with Crippen LogP contribution in [-0.4, -0.2) is 31.0 Å². The van der Waals surface area contributed by atoms with Crippen molar-refractivity contribution in [3.05, 3.63) is 65.2 Å². The first-order valence-electron chi connectivity index (χ1n) is 11.3. The van der Waals surface area contributed by atoms with Gasteiger partial charge in [0.05, 0.1) is 16.2 Å². The van der Waals surface area contributed by atoms with E-state index < -0.39 is 21.8 Å². The second-order valence-electron chi connectivity index (χ2n) is 8.45. The third-order valence-corrected chi connectivity index (χ3v) is 7.77. The monoisotopic (exact) mass is 548 g/mol. The van der Waals surface area contributed by atoms with Gasteiger partial charge < -0.3 is 11.1 Å². The number of hydrogen-bond acceptors (Lipinski definition) is 9. The standard InChI is InChI=1S/C26H24N6O4S2/c1-15(2)17-4-6-18(7-5-17)24-21(12-27)25(29)31-26(22(24)13-28)37-14-23(34)30-19-8-10-20(11-9-19)38(35,36)32-16(3)33/h4-11,15H,14H2,1-3H3,(H2,29,31)(H,30,34)(H,32,33). The van der Waals surface area contributed by atoms with Crippen molar-refractivity contribution < 1.29 is 18.0 Å². The zero-order chi connectivity index (χ0) is 28.0. The molecule has 2 amide bonds. The van der Waals surface area contributed by atoms with Crippen LogP contribution in [0, 0.1) is 22.7 Å². The Labute approximate surface area is 224 Å². The fraction of sp³-hybridized carbons (Fsp3) is 0.192. The van der Waals surface area contributed by atoms with E-state index in [1.165, 1.54) is 24.3 Å². The molecule has 0 atom stereocenters. The summed E-state index contributed by atoms with van der Waals surface area (Å²) < 4.78 is 26.0. The number of rotatable bonds is 8. The molecule has 0 saturated heterocycles. The van der Waals surface area contributed by atoms with Crippen LogP contribution in [0.5, 0.6) is 0 Å². The van der Waals surface area contributed by atoms with Crippen molar-refractivity contribution in [2.75, 3.05) is 16.8 Å². The highest BCUT2D eigenvalue weighted by Gasteiger charge is 2.21. The lowest BCUT2D eigenvalue weighted by molar-refractivity contribution is -0.117. The lowest BCUT2D eigenvalue weighted by Crippen LogP contribution is -2.28. The smallest absolute Gasteiger partial charge is 0.264 e. The largest absolute Gasteiger partial charge is 0.383 e. The summed E-state index contributed by atoms with van der Waals surface area (Å²) in [6, 6.07) is 16.9. The van der Waals surface area contributed by atoms with E-state index in [0.717, 1.165) is 24.2 Å². The van der Waals surface area contributed by atoms with Crippen molar-refractivity contribution in [1.29, 1.82) is 10.5 Å². The minimum Gasteiger partial charge on any atom is -0.383 e. The normalized spacial score (nSPS) is 10.9. The number of amides is 2. The summed E-state index contributed by atoms with van der Waals surface area (Å²) in [5, 5.41) is 22.5. The number of nitrogens with one attached hydrogen (secondary N) is 2. The molecule has 0 fully saturated rings. The molecule has 0 radical (unpaired) electrons. The van der Waals surface area contributed by atoms with E-state index in [9.17, 15) is 28.5 Å². The Morgan fingerprint density at radius 3 is 2.16 bits per heavy atom. The van der Waals surface area contributed by atoms with Crippen LogP contribution in [-0.2, 0) is 19.6 Å². The number of aromatic nitrogens is 1. The Kier molecular flexibility index (Phi) is 8.73. The van der Waals surface area contributed by atoms with Crippen molar-refractivity contribution in [3.8, 4) is 23.3 Å². The van der Waals surface area contributed by atoms with E-state index in [4.69, 9.17) is 5.73 Å². The summed E-state index contributed by atoms with van der Waals surface area (Å²) in [4.78, 5) is 27.7.